The Morgan fingerprint density at radius 2 is 1.69 bits per heavy atom. The second kappa shape index (κ2) is 7.11. The number of allylic oxidation sites excluding steroid dienone is 3. The Labute approximate surface area is 165 Å². The maximum absolute atomic E-state index is 6.65. The van der Waals surface area contributed by atoms with Crippen LogP contribution in [0.15, 0.2) is 40.8 Å². The van der Waals surface area contributed by atoms with Gasteiger partial charge >= 0.3 is 0 Å². The molecular weight excluding hydrogens is 336 g/mol. The Hall–Kier alpha value is -1.15. The second-order valence-corrected chi connectivity index (χ2v) is 11.4. The number of hydrogen-bond donors (Lipinski definition) is 0. The molecule has 0 N–H and O–H groups in total. The van der Waals surface area contributed by atoms with Gasteiger partial charge in [-0.3, -0.25) is 0 Å². The lowest BCUT2D eigenvalue weighted by molar-refractivity contribution is 0.131. The molecule has 0 saturated heterocycles. The van der Waals surface area contributed by atoms with Gasteiger partial charge in [-0.2, -0.15) is 0 Å². The quantitative estimate of drug-likeness (QED) is 0.499. The van der Waals surface area contributed by atoms with Gasteiger partial charge in [-0.05, 0) is 61.8 Å². The normalized spacial score (nSPS) is 23.5. The average Bonchev–Trinajstić information content (AvgIpc) is 2.45. The van der Waals surface area contributed by atoms with E-state index in [4.69, 9.17) is 4.74 Å². The molecule has 0 saturated carbocycles. The molecular formula is C24H36OS. The summed E-state index contributed by atoms with van der Waals surface area (Å²) in [7, 11) is 0. The van der Waals surface area contributed by atoms with Crippen LogP contribution in [0.5, 0.6) is 5.75 Å². The highest BCUT2D eigenvalue weighted by molar-refractivity contribution is 8.00. The minimum absolute atomic E-state index is 0.0903. The fourth-order valence-corrected chi connectivity index (χ4v) is 4.43. The molecule has 1 aromatic rings. The number of thioether (sulfide) groups is 1. The van der Waals surface area contributed by atoms with Crippen molar-refractivity contribution in [2.75, 3.05) is 0 Å². The van der Waals surface area contributed by atoms with Crippen LogP contribution < -0.4 is 4.74 Å². The molecule has 2 rings (SSSR count). The summed E-state index contributed by atoms with van der Waals surface area (Å²) in [6.07, 6.45) is 6.49. The zero-order valence-electron chi connectivity index (χ0n) is 18.3. The fourth-order valence-electron chi connectivity index (χ4n) is 3.00. The second-order valence-electron chi connectivity index (χ2n) is 10.0. The smallest absolute Gasteiger partial charge is 0.137 e. The highest BCUT2D eigenvalue weighted by Crippen LogP contribution is 2.50. The van der Waals surface area contributed by atoms with Crippen LogP contribution in [0.2, 0.25) is 0 Å². The largest absolute Gasteiger partial charge is 0.481 e. The molecule has 0 radical (unpaired) electrons. The first kappa shape index (κ1) is 21.2. The molecule has 2 heteroatoms. The van der Waals surface area contributed by atoms with Crippen LogP contribution in [0.4, 0.5) is 0 Å². The van der Waals surface area contributed by atoms with Gasteiger partial charge in [-0.1, -0.05) is 65.3 Å². The van der Waals surface area contributed by atoms with E-state index in [9.17, 15) is 0 Å². The predicted molar refractivity (Wildman–Crippen MR) is 117 cm³/mol. The maximum atomic E-state index is 6.65. The van der Waals surface area contributed by atoms with Crippen molar-refractivity contribution in [2.24, 2.45) is 0 Å². The van der Waals surface area contributed by atoms with Gasteiger partial charge in [0.1, 0.15) is 11.4 Å². The lowest BCUT2D eigenvalue weighted by Crippen LogP contribution is -2.42. The standard InChI is InChI=1S/C24H36OS/c1-16(2)12-11-13-24(10)17(3)26-21-19(23(7,8)9)14-18(22(4,5)6)15-20(21)25-24/h11-15,17H,1-10H3/b13-11+/t17-,24+/m0/s1. The van der Waals surface area contributed by atoms with E-state index in [-0.39, 0.29) is 16.4 Å². The van der Waals surface area contributed by atoms with Crippen LogP contribution >= 0.6 is 11.8 Å². The zero-order chi connectivity index (χ0) is 19.9. The predicted octanol–water partition coefficient (Wildman–Crippen LogP) is 7.44. The van der Waals surface area contributed by atoms with E-state index in [1.807, 2.05) is 11.8 Å². The molecule has 0 aliphatic carbocycles. The summed E-state index contributed by atoms with van der Waals surface area (Å²) in [4.78, 5) is 1.31. The first-order valence-corrected chi connectivity index (χ1v) is 10.5. The van der Waals surface area contributed by atoms with Gasteiger partial charge in [-0.25, -0.2) is 0 Å². The molecule has 1 aromatic carbocycles. The molecule has 1 aliphatic rings. The van der Waals surface area contributed by atoms with Crippen LogP contribution in [-0.2, 0) is 10.8 Å². The van der Waals surface area contributed by atoms with Crippen LogP contribution in [0.1, 0.15) is 80.4 Å². The van der Waals surface area contributed by atoms with E-state index in [2.05, 4.69) is 99.6 Å². The minimum atomic E-state index is -0.310. The molecule has 1 nitrogen and oxygen atoms in total. The number of rotatable bonds is 2. The highest BCUT2D eigenvalue weighted by Gasteiger charge is 2.39. The van der Waals surface area contributed by atoms with Crippen molar-refractivity contribution in [3.63, 3.8) is 0 Å². The first-order valence-electron chi connectivity index (χ1n) is 9.61. The van der Waals surface area contributed by atoms with E-state index in [0.29, 0.717) is 5.25 Å². The molecule has 0 bridgehead atoms. The molecule has 0 amide bonds. The molecule has 0 fully saturated rings. The lowest BCUT2D eigenvalue weighted by Gasteiger charge is -2.41. The number of fused-ring (bicyclic) bond motifs is 1. The van der Waals surface area contributed by atoms with E-state index in [0.717, 1.165) is 5.75 Å². The summed E-state index contributed by atoms with van der Waals surface area (Å²) in [5.74, 6) is 1.04. The van der Waals surface area contributed by atoms with Crippen molar-refractivity contribution in [1.29, 1.82) is 0 Å². The van der Waals surface area contributed by atoms with Crippen molar-refractivity contribution in [1.82, 2.24) is 0 Å². The van der Waals surface area contributed by atoms with Gasteiger partial charge < -0.3 is 4.74 Å². The monoisotopic (exact) mass is 372 g/mol. The number of hydrogen-bond acceptors (Lipinski definition) is 2. The van der Waals surface area contributed by atoms with Crippen molar-refractivity contribution in [3.8, 4) is 5.75 Å². The first-order chi connectivity index (χ1) is 11.7. The summed E-state index contributed by atoms with van der Waals surface area (Å²) in [5.41, 5.74) is 3.91. The third-order valence-corrected chi connectivity index (χ3v) is 6.50. The van der Waals surface area contributed by atoms with Crippen LogP contribution in [0.3, 0.4) is 0 Å². The van der Waals surface area contributed by atoms with Crippen LogP contribution in [-0.4, -0.2) is 10.9 Å². The third kappa shape index (κ3) is 4.57. The van der Waals surface area contributed by atoms with Gasteiger partial charge in [0.05, 0.1) is 10.1 Å². The van der Waals surface area contributed by atoms with Crippen molar-refractivity contribution >= 4 is 11.8 Å². The van der Waals surface area contributed by atoms with Gasteiger partial charge in [-0.15, -0.1) is 11.8 Å². The Morgan fingerprint density at radius 1 is 1.08 bits per heavy atom. The van der Waals surface area contributed by atoms with Crippen molar-refractivity contribution in [2.45, 2.75) is 95.8 Å². The Morgan fingerprint density at radius 3 is 2.19 bits per heavy atom. The Kier molecular flexibility index (Phi) is 5.78. The van der Waals surface area contributed by atoms with Gasteiger partial charge in [0.2, 0.25) is 0 Å². The summed E-state index contributed by atoms with van der Waals surface area (Å²) >= 11 is 1.95. The van der Waals surface area contributed by atoms with E-state index >= 15 is 0 Å². The summed E-state index contributed by atoms with van der Waals surface area (Å²) < 4.78 is 6.65. The summed E-state index contributed by atoms with van der Waals surface area (Å²) in [5, 5.41) is 0.346. The highest BCUT2D eigenvalue weighted by atomic mass is 32.2. The number of ether oxygens (including phenoxy) is 1. The maximum Gasteiger partial charge on any atom is 0.137 e. The fraction of sp³-hybridized carbons (Fsp3) is 0.583. The molecule has 2 atom stereocenters. The van der Waals surface area contributed by atoms with Gasteiger partial charge in [0.15, 0.2) is 0 Å². The van der Waals surface area contributed by atoms with Gasteiger partial charge in [0, 0.05) is 0 Å². The van der Waals surface area contributed by atoms with E-state index < -0.39 is 0 Å². The summed E-state index contributed by atoms with van der Waals surface area (Å²) in [6, 6.07) is 4.65. The molecule has 0 spiro atoms. The SMILES string of the molecule is CC(C)=C/C=C/[C@@]1(C)Oc2cc(C(C)(C)C)cc(C(C)(C)C)c2S[C@H]1C. The van der Waals surface area contributed by atoms with Crippen molar-refractivity contribution < 1.29 is 4.74 Å². The van der Waals surface area contributed by atoms with Crippen molar-refractivity contribution in [3.05, 3.63) is 47.1 Å². The average molecular weight is 373 g/mol. The molecule has 26 heavy (non-hydrogen) atoms. The van der Waals surface area contributed by atoms with Crippen LogP contribution in [0, 0.1) is 0 Å². The Balaban J connectivity index is 2.58. The minimum Gasteiger partial charge on any atom is -0.481 e. The van der Waals surface area contributed by atoms with E-state index in [1.54, 1.807) is 0 Å². The topological polar surface area (TPSA) is 9.23 Å². The zero-order valence-corrected chi connectivity index (χ0v) is 19.1. The van der Waals surface area contributed by atoms with E-state index in [1.165, 1.54) is 21.6 Å². The molecule has 1 heterocycles. The summed E-state index contributed by atoms with van der Waals surface area (Å²) in [6.45, 7) is 22.4. The number of benzene rings is 1. The lowest BCUT2D eigenvalue weighted by atomic mass is 9.80. The van der Waals surface area contributed by atoms with Gasteiger partial charge in [0.25, 0.3) is 0 Å². The molecule has 144 valence electrons. The molecule has 0 aromatic heterocycles. The third-order valence-electron chi connectivity index (χ3n) is 5.02. The Bertz CT molecular complexity index is 724. The van der Waals surface area contributed by atoms with Crippen LogP contribution in [0.25, 0.3) is 0 Å². The molecule has 1 aliphatic heterocycles. The molecule has 0 unspecified atom stereocenters.